The molecule has 0 fully saturated rings. The summed E-state index contributed by atoms with van der Waals surface area (Å²) in [6.07, 6.45) is 1.07. The number of nitrogens with one attached hydrogen (secondary N) is 1. The van der Waals surface area contributed by atoms with Gasteiger partial charge in [0.1, 0.15) is 6.20 Å². The quantitative estimate of drug-likeness (QED) is 0.604. The molecule has 0 saturated heterocycles. The van der Waals surface area contributed by atoms with Crippen LogP contribution < -0.4 is 5.32 Å². The molecule has 0 bridgehead atoms. The van der Waals surface area contributed by atoms with Gasteiger partial charge in [0.05, 0.1) is 4.92 Å². The van der Waals surface area contributed by atoms with Gasteiger partial charge in [-0.15, -0.1) is 0 Å². The molecule has 0 atom stereocenters. The summed E-state index contributed by atoms with van der Waals surface area (Å²) < 4.78 is 1.20. The van der Waals surface area contributed by atoms with Gasteiger partial charge in [-0.25, -0.2) is 0 Å². The largest absolute Gasteiger partial charge is 0.350 e. The Morgan fingerprint density at radius 3 is 2.81 bits per heavy atom. The molecular formula is C9H14N4O3. The minimum Gasteiger partial charge on any atom is -0.350 e. The summed E-state index contributed by atoms with van der Waals surface area (Å²) in [7, 11) is 1.50. The molecule has 0 aromatic carbocycles. The number of hydrogen-bond donors (Lipinski definition) is 1. The minimum absolute atomic E-state index is 0.0225. The van der Waals surface area contributed by atoms with Gasteiger partial charge in [-0.05, 0) is 5.92 Å². The van der Waals surface area contributed by atoms with E-state index in [1.807, 2.05) is 13.8 Å². The summed E-state index contributed by atoms with van der Waals surface area (Å²) >= 11 is 0. The zero-order valence-corrected chi connectivity index (χ0v) is 9.43. The van der Waals surface area contributed by atoms with E-state index >= 15 is 0 Å². The highest BCUT2D eigenvalue weighted by atomic mass is 16.6. The van der Waals surface area contributed by atoms with E-state index in [2.05, 4.69) is 10.4 Å². The molecule has 0 aliphatic carbocycles. The smallest absolute Gasteiger partial charge is 0.320 e. The van der Waals surface area contributed by atoms with Gasteiger partial charge in [-0.2, -0.15) is 5.10 Å². The van der Waals surface area contributed by atoms with E-state index < -0.39 is 10.8 Å². The maximum absolute atomic E-state index is 11.7. The average Bonchev–Trinajstić information content (AvgIpc) is 2.56. The Labute approximate surface area is 92.6 Å². The van der Waals surface area contributed by atoms with Crippen molar-refractivity contribution >= 4 is 11.6 Å². The molecule has 1 rings (SSSR count). The van der Waals surface area contributed by atoms with Gasteiger partial charge in [0, 0.05) is 13.6 Å². The highest BCUT2D eigenvalue weighted by Gasteiger charge is 2.25. The van der Waals surface area contributed by atoms with Crippen molar-refractivity contribution in [3.05, 3.63) is 22.0 Å². The normalized spacial score (nSPS) is 10.5. The van der Waals surface area contributed by atoms with Crippen LogP contribution in [-0.2, 0) is 7.05 Å². The van der Waals surface area contributed by atoms with E-state index in [1.54, 1.807) is 0 Å². The van der Waals surface area contributed by atoms with E-state index in [1.165, 1.54) is 11.7 Å². The van der Waals surface area contributed by atoms with Gasteiger partial charge >= 0.3 is 5.69 Å². The predicted octanol–water partition coefficient (Wildman–Crippen LogP) is 0.714. The lowest BCUT2D eigenvalue weighted by Crippen LogP contribution is -2.29. The van der Waals surface area contributed by atoms with Crippen molar-refractivity contribution in [2.24, 2.45) is 13.0 Å². The van der Waals surface area contributed by atoms with Crippen molar-refractivity contribution in [2.75, 3.05) is 6.54 Å². The Morgan fingerprint density at radius 2 is 2.31 bits per heavy atom. The van der Waals surface area contributed by atoms with Crippen molar-refractivity contribution in [1.82, 2.24) is 15.1 Å². The maximum atomic E-state index is 11.7. The Kier molecular flexibility index (Phi) is 3.60. The molecule has 0 unspecified atom stereocenters. The lowest BCUT2D eigenvalue weighted by Gasteiger charge is -2.07. The first-order valence-electron chi connectivity index (χ1n) is 4.88. The summed E-state index contributed by atoms with van der Waals surface area (Å²) in [6.45, 7) is 4.36. The Balaban J connectivity index is 2.90. The molecule has 16 heavy (non-hydrogen) atoms. The SMILES string of the molecule is CC(C)CNC(=O)c1c([N+](=O)[O-])cnn1C. The number of aromatic nitrogens is 2. The van der Waals surface area contributed by atoms with Crippen LogP contribution in [0.4, 0.5) is 5.69 Å². The third-order valence-electron chi connectivity index (χ3n) is 2.00. The van der Waals surface area contributed by atoms with Gasteiger partial charge in [-0.1, -0.05) is 13.8 Å². The van der Waals surface area contributed by atoms with Gasteiger partial charge in [-0.3, -0.25) is 19.6 Å². The molecule has 0 spiro atoms. The number of aryl methyl sites for hydroxylation is 1. The molecule has 0 aliphatic rings. The second-order valence-electron chi connectivity index (χ2n) is 3.86. The van der Waals surface area contributed by atoms with Crippen molar-refractivity contribution < 1.29 is 9.72 Å². The lowest BCUT2D eigenvalue weighted by molar-refractivity contribution is -0.385. The van der Waals surface area contributed by atoms with Crippen LogP contribution in [0.5, 0.6) is 0 Å². The third-order valence-corrected chi connectivity index (χ3v) is 2.00. The van der Waals surface area contributed by atoms with Crippen LogP contribution >= 0.6 is 0 Å². The minimum atomic E-state index is -0.614. The van der Waals surface area contributed by atoms with Crippen LogP contribution in [0.25, 0.3) is 0 Å². The Bertz CT molecular complexity index is 411. The molecule has 7 heteroatoms. The van der Waals surface area contributed by atoms with Crippen LogP contribution in [-0.4, -0.2) is 27.2 Å². The van der Waals surface area contributed by atoms with Gasteiger partial charge in [0.15, 0.2) is 0 Å². The van der Waals surface area contributed by atoms with Crippen LogP contribution in [0.15, 0.2) is 6.20 Å². The predicted molar refractivity (Wildman–Crippen MR) is 57.0 cm³/mol. The summed E-state index contributed by atoms with van der Waals surface area (Å²) in [4.78, 5) is 21.7. The molecule has 0 aliphatic heterocycles. The number of carbonyl (C=O) groups excluding carboxylic acids is 1. The zero-order valence-electron chi connectivity index (χ0n) is 9.43. The topological polar surface area (TPSA) is 90.1 Å². The van der Waals surface area contributed by atoms with Crippen molar-refractivity contribution in [3.8, 4) is 0 Å². The molecule has 7 nitrogen and oxygen atoms in total. The van der Waals surface area contributed by atoms with Crippen LogP contribution in [0, 0.1) is 16.0 Å². The molecule has 88 valence electrons. The first-order chi connectivity index (χ1) is 7.43. The number of hydrogen-bond acceptors (Lipinski definition) is 4. The first kappa shape index (κ1) is 12.2. The Hall–Kier alpha value is -1.92. The van der Waals surface area contributed by atoms with Crippen molar-refractivity contribution in [2.45, 2.75) is 13.8 Å². The monoisotopic (exact) mass is 226 g/mol. The van der Waals surface area contributed by atoms with E-state index in [-0.39, 0.29) is 17.3 Å². The highest BCUT2D eigenvalue weighted by Crippen LogP contribution is 2.16. The zero-order chi connectivity index (χ0) is 12.3. The summed E-state index contributed by atoms with van der Waals surface area (Å²) in [6, 6.07) is 0. The standard InChI is InChI=1S/C9H14N4O3/c1-6(2)4-10-9(14)8-7(13(15)16)5-11-12(8)3/h5-6H,4H2,1-3H3,(H,10,14). The fraction of sp³-hybridized carbons (Fsp3) is 0.556. The number of nitro groups is 1. The highest BCUT2D eigenvalue weighted by molar-refractivity contribution is 5.96. The van der Waals surface area contributed by atoms with Crippen molar-refractivity contribution in [3.63, 3.8) is 0 Å². The second-order valence-corrected chi connectivity index (χ2v) is 3.86. The van der Waals surface area contributed by atoms with E-state index in [4.69, 9.17) is 0 Å². The molecular weight excluding hydrogens is 212 g/mol. The van der Waals surface area contributed by atoms with Gasteiger partial charge < -0.3 is 5.32 Å². The van der Waals surface area contributed by atoms with Gasteiger partial charge in [0.25, 0.3) is 5.91 Å². The fourth-order valence-corrected chi connectivity index (χ4v) is 1.20. The average molecular weight is 226 g/mol. The molecule has 0 saturated carbocycles. The molecule has 0 radical (unpaired) electrons. The van der Waals surface area contributed by atoms with Crippen LogP contribution in [0.2, 0.25) is 0 Å². The molecule has 1 N–H and O–H groups in total. The Morgan fingerprint density at radius 1 is 1.69 bits per heavy atom. The lowest BCUT2D eigenvalue weighted by atomic mass is 10.2. The van der Waals surface area contributed by atoms with Crippen molar-refractivity contribution in [1.29, 1.82) is 0 Å². The first-order valence-corrected chi connectivity index (χ1v) is 4.88. The molecule has 1 amide bonds. The van der Waals surface area contributed by atoms with Crippen LogP contribution in [0.3, 0.4) is 0 Å². The molecule has 1 heterocycles. The van der Waals surface area contributed by atoms with E-state index in [0.29, 0.717) is 6.54 Å². The summed E-state index contributed by atoms with van der Waals surface area (Å²) in [5.41, 5.74) is -0.297. The molecule has 1 aromatic rings. The van der Waals surface area contributed by atoms with E-state index in [9.17, 15) is 14.9 Å². The fourth-order valence-electron chi connectivity index (χ4n) is 1.20. The molecule has 1 aromatic heterocycles. The van der Waals surface area contributed by atoms with E-state index in [0.717, 1.165) is 6.20 Å². The van der Waals surface area contributed by atoms with Crippen LogP contribution in [0.1, 0.15) is 24.3 Å². The second kappa shape index (κ2) is 4.73. The summed E-state index contributed by atoms with van der Waals surface area (Å²) in [5, 5.41) is 17.0. The third kappa shape index (κ3) is 2.56. The van der Waals surface area contributed by atoms with Gasteiger partial charge in [0.2, 0.25) is 5.69 Å². The number of carbonyl (C=O) groups is 1. The number of amides is 1. The maximum Gasteiger partial charge on any atom is 0.320 e. The number of nitrogens with zero attached hydrogens (tertiary/aromatic N) is 3. The summed E-state index contributed by atoms with van der Waals surface area (Å²) in [5.74, 6) is -0.184. The number of rotatable bonds is 4.